The SMILES string of the molecule is O=NCc1ccc(-c2ccc(O)c(F)c2)c(Cl)c1O. The van der Waals surface area contributed by atoms with E-state index in [2.05, 4.69) is 5.18 Å². The molecule has 6 heteroatoms. The lowest BCUT2D eigenvalue weighted by Gasteiger charge is -2.09. The predicted molar refractivity (Wildman–Crippen MR) is 69.7 cm³/mol. The van der Waals surface area contributed by atoms with E-state index in [4.69, 9.17) is 16.7 Å². The monoisotopic (exact) mass is 281 g/mol. The third kappa shape index (κ3) is 2.51. The van der Waals surface area contributed by atoms with Gasteiger partial charge in [-0.2, -0.15) is 4.91 Å². The summed E-state index contributed by atoms with van der Waals surface area (Å²) < 4.78 is 13.3. The highest BCUT2D eigenvalue weighted by Crippen LogP contribution is 2.38. The Hall–Kier alpha value is -2.14. The quantitative estimate of drug-likeness (QED) is 0.840. The second kappa shape index (κ2) is 5.24. The van der Waals surface area contributed by atoms with Crippen molar-refractivity contribution in [3.8, 4) is 22.6 Å². The second-order valence-electron chi connectivity index (χ2n) is 3.89. The number of benzene rings is 2. The lowest BCUT2D eigenvalue weighted by molar-refractivity contribution is 0.432. The Kier molecular flexibility index (Phi) is 3.66. The number of aromatic hydroxyl groups is 2. The Morgan fingerprint density at radius 1 is 1.21 bits per heavy atom. The molecular formula is C13H9ClFNO3. The van der Waals surface area contributed by atoms with Crippen molar-refractivity contribution in [2.24, 2.45) is 5.18 Å². The van der Waals surface area contributed by atoms with Crippen LogP contribution in [0.4, 0.5) is 4.39 Å². The van der Waals surface area contributed by atoms with E-state index in [0.29, 0.717) is 16.7 Å². The largest absolute Gasteiger partial charge is 0.506 e. The average Bonchev–Trinajstić information content (AvgIpc) is 2.39. The number of nitroso groups, excluding NO2 is 1. The van der Waals surface area contributed by atoms with Gasteiger partial charge in [-0.3, -0.25) is 0 Å². The van der Waals surface area contributed by atoms with Gasteiger partial charge in [-0.1, -0.05) is 35.0 Å². The van der Waals surface area contributed by atoms with Crippen LogP contribution in [-0.4, -0.2) is 10.2 Å². The van der Waals surface area contributed by atoms with Crippen molar-refractivity contribution in [1.29, 1.82) is 0 Å². The zero-order valence-corrected chi connectivity index (χ0v) is 10.4. The fourth-order valence-electron chi connectivity index (χ4n) is 1.70. The first-order chi connectivity index (χ1) is 9.04. The molecule has 0 aliphatic carbocycles. The minimum Gasteiger partial charge on any atom is -0.506 e. The van der Waals surface area contributed by atoms with Crippen molar-refractivity contribution < 1.29 is 14.6 Å². The van der Waals surface area contributed by atoms with Crippen molar-refractivity contribution >= 4 is 11.6 Å². The number of phenolic OH excluding ortho intramolecular Hbond substituents is 2. The summed E-state index contributed by atoms with van der Waals surface area (Å²) in [6, 6.07) is 6.81. The van der Waals surface area contributed by atoms with Crippen LogP contribution in [0.5, 0.6) is 11.5 Å². The van der Waals surface area contributed by atoms with E-state index >= 15 is 0 Å². The Morgan fingerprint density at radius 3 is 2.58 bits per heavy atom. The first-order valence-electron chi connectivity index (χ1n) is 5.33. The van der Waals surface area contributed by atoms with Crippen LogP contribution < -0.4 is 0 Å². The van der Waals surface area contributed by atoms with E-state index in [1.165, 1.54) is 18.2 Å². The van der Waals surface area contributed by atoms with E-state index in [1.54, 1.807) is 6.07 Å². The molecule has 2 aromatic rings. The fourth-order valence-corrected chi connectivity index (χ4v) is 1.99. The van der Waals surface area contributed by atoms with Gasteiger partial charge in [0.1, 0.15) is 12.3 Å². The van der Waals surface area contributed by atoms with E-state index in [9.17, 15) is 14.4 Å². The maximum Gasteiger partial charge on any atom is 0.165 e. The van der Waals surface area contributed by atoms with Gasteiger partial charge in [-0.05, 0) is 17.7 Å². The summed E-state index contributed by atoms with van der Waals surface area (Å²) in [6.45, 7) is -0.199. The number of phenols is 2. The molecule has 0 bridgehead atoms. The normalized spacial score (nSPS) is 10.4. The van der Waals surface area contributed by atoms with Gasteiger partial charge in [0, 0.05) is 11.1 Å². The van der Waals surface area contributed by atoms with Crippen LogP contribution in [0.25, 0.3) is 11.1 Å². The average molecular weight is 282 g/mol. The molecule has 19 heavy (non-hydrogen) atoms. The summed E-state index contributed by atoms with van der Waals surface area (Å²) in [5.74, 6) is -1.51. The molecule has 2 N–H and O–H groups in total. The van der Waals surface area contributed by atoms with Crippen LogP contribution in [-0.2, 0) is 6.54 Å². The van der Waals surface area contributed by atoms with Crippen LogP contribution in [0, 0.1) is 10.7 Å². The summed E-state index contributed by atoms with van der Waals surface area (Å²) in [5, 5.41) is 21.6. The third-order valence-electron chi connectivity index (χ3n) is 2.69. The molecule has 0 saturated heterocycles. The van der Waals surface area contributed by atoms with Crippen LogP contribution in [0.3, 0.4) is 0 Å². The Bertz CT molecular complexity index is 646. The van der Waals surface area contributed by atoms with Crippen molar-refractivity contribution in [1.82, 2.24) is 0 Å². The number of rotatable bonds is 3. The Labute approximate surface area is 113 Å². The topological polar surface area (TPSA) is 69.9 Å². The molecule has 98 valence electrons. The number of hydrogen-bond donors (Lipinski definition) is 2. The van der Waals surface area contributed by atoms with Crippen LogP contribution in [0.1, 0.15) is 5.56 Å². The molecular weight excluding hydrogens is 273 g/mol. The number of halogens is 2. The van der Waals surface area contributed by atoms with E-state index < -0.39 is 11.6 Å². The maximum atomic E-state index is 13.3. The smallest absolute Gasteiger partial charge is 0.165 e. The highest BCUT2D eigenvalue weighted by molar-refractivity contribution is 6.34. The lowest BCUT2D eigenvalue weighted by atomic mass is 10.0. The predicted octanol–water partition coefficient (Wildman–Crippen LogP) is 3.82. The molecule has 0 saturated carbocycles. The molecule has 0 heterocycles. The molecule has 0 unspecified atom stereocenters. The molecule has 0 radical (unpaired) electrons. The number of hydrogen-bond acceptors (Lipinski definition) is 4. The van der Waals surface area contributed by atoms with Gasteiger partial charge >= 0.3 is 0 Å². The zero-order chi connectivity index (χ0) is 14.0. The van der Waals surface area contributed by atoms with Gasteiger partial charge < -0.3 is 10.2 Å². The first kappa shape index (κ1) is 13.3. The summed E-state index contributed by atoms with van der Waals surface area (Å²) in [5.41, 5.74) is 1.09. The minimum absolute atomic E-state index is 0.00578. The molecule has 2 rings (SSSR count). The van der Waals surface area contributed by atoms with Crippen molar-refractivity contribution in [3.63, 3.8) is 0 Å². The lowest BCUT2D eigenvalue weighted by Crippen LogP contribution is -1.88. The van der Waals surface area contributed by atoms with Gasteiger partial charge in [-0.15, -0.1) is 0 Å². The van der Waals surface area contributed by atoms with Crippen LogP contribution >= 0.6 is 11.6 Å². The zero-order valence-electron chi connectivity index (χ0n) is 9.60. The maximum absolute atomic E-state index is 13.3. The number of nitrogens with zero attached hydrogens (tertiary/aromatic N) is 1. The van der Waals surface area contributed by atoms with E-state index in [-0.39, 0.29) is 17.3 Å². The molecule has 0 fully saturated rings. The molecule has 4 nitrogen and oxygen atoms in total. The van der Waals surface area contributed by atoms with E-state index in [1.807, 2.05) is 0 Å². The first-order valence-corrected chi connectivity index (χ1v) is 5.70. The standard InChI is InChI=1S/C13H9ClFNO3/c14-12-9(3-1-8(6-16-19)13(12)18)7-2-4-11(17)10(15)5-7/h1-5,17-18H,6H2. The molecule has 0 aliphatic rings. The summed E-state index contributed by atoms with van der Waals surface area (Å²) in [6.07, 6.45) is 0. The van der Waals surface area contributed by atoms with Crippen molar-refractivity contribution in [3.05, 3.63) is 51.6 Å². The second-order valence-corrected chi connectivity index (χ2v) is 4.27. The fraction of sp³-hybridized carbons (Fsp3) is 0.0769. The minimum atomic E-state index is -0.785. The molecule has 0 amide bonds. The summed E-state index contributed by atoms with van der Waals surface area (Å²) >= 11 is 5.98. The van der Waals surface area contributed by atoms with Crippen LogP contribution in [0.15, 0.2) is 35.5 Å². The highest BCUT2D eigenvalue weighted by Gasteiger charge is 2.13. The van der Waals surface area contributed by atoms with Gasteiger partial charge in [-0.25, -0.2) is 4.39 Å². The van der Waals surface area contributed by atoms with Crippen molar-refractivity contribution in [2.75, 3.05) is 0 Å². The molecule has 0 aliphatic heterocycles. The van der Waals surface area contributed by atoms with Crippen LogP contribution in [0.2, 0.25) is 5.02 Å². The van der Waals surface area contributed by atoms with Crippen molar-refractivity contribution in [2.45, 2.75) is 6.54 Å². The Balaban J connectivity index is 2.54. The van der Waals surface area contributed by atoms with Gasteiger partial charge in [0.25, 0.3) is 0 Å². The molecule has 0 atom stereocenters. The summed E-state index contributed by atoms with van der Waals surface area (Å²) in [7, 11) is 0. The summed E-state index contributed by atoms with van der Waals surface area (Å²) in [4.78, 5) is 10.2. The Morgan fingerprint density at radius 2 is 1.95 bits per heavy atom. The highest BCUT2D eigenvalue weighted by atomic mass is 35.5. The third-order valence-corrected chi connectivity index (χ3v) is 3.08. The van der Waals surface area contributed by atoms with Gasteiger partial charge in [0.05, 0.1) is 5.02 Å². The molecule has 2 aromatic carbocycles. The molecule has 0 aromatic heterocycles. The van der Waals surface area contributed by atoms with Gasteiger partial charge in [0.15, 0.2) is 11.6 Å². The van der Waals surface area contributed by atoms with Gasteiger partial charge in [0.2, 0.25) is 0 Å². The van der Waals surface area contributed by atoms with E-state index in [0.717, 1.165) is 6.07 Å². The molecule has 0 spiro atoms.